The summed E-state index contributed by atoms with van der Waals surface area (Å²) in [5.74, 6) is -0.567. The van der Waals surface area contributed by atoms with Gasteiger partial charge in [0.2, 0.25) is 0 Å². The molecule has 6 heterocycles. The van der Waals surface area contributed by atoms with E-state index in [1.54, 1.807) is 28.9 Å². The van der Waals surface area contributed by atoms with E-state index in [1.165, 1.54) is 66.6 Å². The third-order valence-corrected chi connectivity index (χ3v) is 9.49. The van der Waals surface area contributed by atoms with Gasteiger partial charge in [0.25, 0.3) is 0 Å². The minimum absolute atomic E-state index is 0.00776. The zero-order valence-corrected chi connectivity index (χ0v) is 26.0. The Hall–Kier alpha value is -4.93. The lowest BCUT2D eigenvalue weighted by Gasteiger charge is -2.08. The van der Waals surface area contributed by atoms with Gasteiger partial charge in [-0.25, -0.2) is 14.6 Å². The standard InChI is InChI=1S/C35H29N3O5S2/c1-2-3-4-5-6-21-13-16-44-33(21)30-8-7-29(43-30)32-10-9-31(45-32)22-11-14-36-25(17-22)27-19-24(35(41)42)20-28(38-27)26-18-23(34(39)40)12-15-37-26/h7-20H,2-6H2,1H3,(H,39,40)(H,41,42). The molecule has 226 valence electrons. The summed E-state index contributed by atoms with van der Waals surface area (Å²) in [4.78, 5) is 39.9. The van der Waals surface area contributed by atoms with Crippen LogP contribution in [0.3, 0.4) is 0 Å². The number of furan rings is 1. The van der Waals surface area contributed by atoms with E-state index in [1.807, 2.05) is 36.4 Å². The van der Waals surface area contributed by atoms with Gasteiger partial charge < -0.3 is 14.6 Å². The van der Waals surface area contributed by atoms with Crippen molar-refractivity contribution in [3.8, 4) is 54.5 Å². The zero-order chi connectivity index (χ0) is 31.3. The number of aromatic nitrogens is 3. The van der Waals surface area contributed by atoms with Crippen molar-refractivity contribution in [3.05, 3.63) is 101 Å². The molecule has 6 aromatic heterocycles. The number of unbranched alkanes of at least 4 members (excludes halogenated alkanes) is 3. The number of aromatic carboxylic acids is 2. The molecule has 10 heteroatoms. The fourth-order valence-corrected chi connectivity index (χ4v) is 6.93. The van der Waals surface area contributed by atoms with Crippen LogP contribution in [0.2, 0.25) is 0 Å². The van der Waals surface area contributed by atoms with Crippen molar-refractivity contribution in [1.82, 2.24) is 15.0 Å². The van der Waals surface area contributed by atoms with Gasteiger partial charge in [0.15, 0.2) is 0 Å². The van der Waals surface area contributed by atoms with Gasteiger partial charge in [0, 0.05) is 17.3 Å². The smallest absolute Gasteiger partial charge is 0.335 e. The molecule has 0 fully saturated rings. The van der Waals surface area contributed by atoms with Gasteiger partial charge in [-0.05, 0) is 96.1 Å². The van der Waals surface area contributed by atoms with Gasteiger partial charge in [-0.1, -0.05) is 26.2 Å². The van der Waals surface area contributed by atoms with E-state index in [0.29, 0.717) is 11.4 Å². The minimum atomic E-state index is -1.14. The molecule has 6 aromatic rings. The molecule has 6 rings (SSSR count). The molecule has 0 saturated heterocycles. The van der Waals surface area contributed by atoms with Crippen LogP contribution in [0.15, 0.2) is 88.9 Å². The number of thiophene rings is 2. The summed E-state index contributed by atoms with van der Waals surface area (Å²) in [5.41, 5.74) is 3.55. The summed E-state index contributed by atoms with van der Waals surface area (Å²) in [6.07, 6.45) is 8.97. The van der Waals surface area contributed by atoms with Crippen molar-refractivity contribution >= 4 is 34.6 Å². The van der Waals surface area contributed by atoms with Crippen LogP contribution in [0.1, 0.15) is 58.9 Å². The largest absolute Gasteiger partial charge is 0.478 e. The second-order valence-corrected chi connectivity index (χ2v) is 12.5. The maximum Gasteiger partial charge on any atom is 0.335 e. The number of carbonyl (C=O) groups is 2. The number of aryl methyl sites for hydroxylation is 1. The van der Waals surface area contributed by atoms with E-state index in [4.69, 9.17) is 4.42 Å². The van der Waals surface area contributed by atoms with Crippen molar-refractivity contribution in [3.63, 3.8) is 0 Å². The van der Waals surface area contributed by atoms with Crippen molar-refractivity contribution in [2.24, 2.45) is 0 Å². The summed E-state index contributed by atoms with van der Waals surface area (Å²) in [7, 11) is 0. The summed E-state index contributed by atoms with van der Waals surface area (Å²) < 4.78 is 6.34. The van der Waals surface area contributed by atoms with Crippen LogP contribution in [0.25, 0.3) is 54.5 Å². The van der Waals surface area contributed by atoms with Crippen LogP contribution in [0, 0.1) is 0 Å². The molecule has 0 bridgehead atoms. The van der Waals surface area contributed by atoms with Gasteiger partial charge in [-0.15, -0.1) is 22.7 Å². The van der Waals surface area contributed by atoms with E-state index in [9.17, 15) is 19.8 Å². The lowest BCUT2D eigenvalue weighted by molar-refractivity contribution is 0.0686. The molecule has 0 aliphatic carbocycles. The topological polar surface area (TPSA) is 126 Å². The first-order valence-electron chi connectivity index (χ1n) is 14.6. The first-order chi connectivity index (χ1) is 21.9. The molecule has 0 aromatic carbocycles. The highest BCUT2D eigenvalue weighted by Crippen LogP contribution is 2.39. The number of rotatable bonds is 12. The second kappa shape index (κ2) is 13.4. The van der Waals surface area contributed by atoms with Crippen molar-refractivity contribution in [1.29, 1.82) is 0 Å². The monoisotopic (exact) mass is 635 g/mol. The minimum Gasteiger partial charge on any atom is -0.478 e. The number of hydrogen-bond acceptors (Lipinski definition) is 8. The van der Waals surface area contributed by atoms with Crippen molar-refractivity contribution in [2.75, 3.05) is 0 Å². The highest BCUT2D eigenvalue weighted by Gasteiger charge is 2.17. The van der Waals surface area contributed by atoms with Crippen LogP contribution < -0.4 is 0 Å². The Morgan fingerprint density at radius 1 is 0.733 bits per heavy atom. The highest BCUT2D eigenvalue weighted by molar-refractivity contribution is 7.18. The molecular weight excluding hydrogens is 607 g/mol. The summed E-state index contributed by atoms with van der Waals surface area (Å²) in [6.45, 7) is 2.22. The van der Waals surface area contributed by atoms with Gasteiger partial charge in [-0.3, -0.25) is 9.97 Å². The van der Waals surface area contributed by atoms with Gasteiger partial charge in [0.1, 0.15) is 11.5 Å². The van der Waals surface area contributed by atoms with E-state index in [2.05, 4.69) is 33.3 Å². The van der Waals surface area contributed by atoms with E-state index in [0.717, 1.165) is 33.3 Å². The first-order valence-corrected chi connectivity index (χ1v) is 16.3. The fraction of sp³-hybridized carbons (Fsp3) is 0.171. The number of pyridine rings is 3. The molecule has 0 unspecified atom stereocenters. The average Bonchev–Trinajstić information content (AvgIpc) is 3.84. The molecule has 0 spiro atoms. The predicted octanol–water partition coefficient (Wildman–Crippen LogP) is 9.44. The maximum absolute atomic E-state index is 12.0. The van der Waals surface area contributed by atoms with E-state index >= 15 is 0 Å². The van der Waals surface area contributed by atoms with Crippen molar-refractivity contribution in [2.45, 2.75) is 39.0 Å². The van der Waals surface area contributed by atoms with Crippen molar-refractivity contribution < 1.29 is 24.2 Å². The fourth-order valence-electron chi connectivity index (χ4n) is 5.05. The molecule has 0 aliphatic rings. The Morgan fingerprint density at radius 3 is 2.18 bits per heavy atom. The van der Waals surface area contributed by atoms with E-state index in [-0.39, 0.29) is 22.5 Å². The van der Waals surface area contributed by atoms with E-state index < -0.39 is 11.9 Å². The Bertz CT molecular complexity index is 1990. The van der Waals surface area contributed by atoms with Crippen LogP contribution >= 0.6 is 22.7 Å². The van der Waals surface area contributed by atoms with Crippen LogP contribution in [-0.4, -0.2) is 37.1 Å². The highest BCUT2D eigenvalue weighted by atomic mass is 32.1. The summed E-state index contributed by atoms with van der Waals surface area (Å²) >= 11 is 3.30. The van der Waals surface area contributed by atoms with Crippen LogP contribution in [0.5, 0.6) is 0 Å². The molecule has 0 atom stereocenters. The molecule has 45 heavy (non-hydrogen) atoms. The predicted molar refractivity (Wildman–Crippen MR) is 177 cm³/mol. The summed E-state index contributed by atoms with van der Waals surface area (Å²) in [6, 6.07) is 19.6. The number of nitrogens with zero attached hydrogens (tertiary/aromatic N) is 3. The molecule has 0 amide bonds. The second-order valence-electron chi connectivity index (χ2n) is 10.5. The van der Waals surface area contributed by atoms with Gasteiger partial charge >= 0.3 is 11.9 Å². The Balaban J connectivity index is 1.27. The maximum atomic E-state index is 12.0. The average molecular weight is 636 g/mol. The van der Waals surface area contributed by atoms with Crippen LogP contribution in [0.4, 0.5) is 0 Å². The number of carboxylic acid groups (broad SMARTS) is 2. The van der Waals surface area contributed by atoms with Gasteiger partial charge in [0.05, 0.1) is 43.7 Å². The molecule has 8 nitrogen and oxygen atoms in total. The molecule has 0 radical (unpaired) electrons. The number of hydrogen-bond donors (Lipinski definition) is 2. The quantitative estimate of drug-likeness (QED) is 0.127. The SMILES string of the molecule is CCCCCCc1ccsc1-c1ccc(-c2ccc(-c3ccnc(-c4cc(C(=O)O)cc(-c5cc(C(=O)O)ccn5)n4)c3)s2)o1. The third kappa shape index (κ3) is 6.77. The Kier molecular flexibility index (Phi) is 8.95. The molecule has 0 saturated carbocycles. The number of carboxylic acids is 2. The Morgan fingerprint density at radius 2 is 1.42 bits per heavy atom. The summed E-state index contributed by atoms with van der Waals surface area (Å²) in [5, 5.41) is 21.3. The lowest BCUT2D eigenvalue weighted by atomic mass is 10.1. The molecule has 2 N–H and O–H groups in total. The third-order valence-electron chi connectivity index (χ3n) is 7.37. The Labute approximate surface area is 267 Å². The molecular formula is C35H29N3O5S2. The van der Waals surface area contributed by atoms with Crippen LogP contribution in [-0.2, 0) is 6.42 Å². The van der Waals surface area contributed by atoms with Gasteiger partial charge in [-0.2, -0.15) is 0 Å². The molecule has 0 aliphatic heterocycles. The first kappa shape index (κ1) is 30.1. The lowest BCUT2D eigenvalue weighted by Crippen LogP contribution is -2.02. The zero-order valence-electron chi connectivity index (χ0n) is 24.4. The normalized spacial score (nSPS) is 11.1.